The molecule has 0 aliphatic rings. The number of hydrogen-bond acceptors (Lipinski definition) is 1. The van der Waals surface area contributed by atoms with Crippen LogP contribution >= 0.6 is 0 Å². The van der Waals surface area contributed by atoms with Crippen molar-refractivity contribution in [3.8, 4) is 0 Å². The van der Waals surface area contributed by atoms with Crippen LogP contribution in [0.3, 0.4) is 0 Å². The van der Waals surface area contributed by atoms with Gasteiger partial charge < -0.3 is 0 Å². The first-order valence-corrected chi connectivity index (χ1v) is 6.65. The Bertz CT molecular complexity index is 432. The van der Waals surface area contributed by atoms with Crippen LogP contribution in [0.2, 0.25) is 0 Å². The smallest absolute Gasteiger partial charge is 0.0702 e. The molecule has 1 heteroatoms. The van der Waals surface area contributed by atoms with E-state index in [2.05, 4.69) is 43.1 Å². The van der Waals surface area contributed by atoms with E-state index < -0.39 is 0 Å². The van der Waals surface area contributed by atoms with Crippen molar-refractivity contribution in [3.05, 3.63) is 41.6 Å². The van der Waals surface area contributed by atoms with Crippen molar-refractivity contribution in [3.63, 3.8) is 0 Å². The van der Waals surface area contributed by atoms with E-state index in [-0.39, 0.29) is 0 Å². The van der Waals surface area contributed by atoms with Crippen LogP contribution in [-0.2, 0) is 6.42 Å². The lowest BCUT2D eigenvalue weighted by Gasteiger charge is -2.01. The zero-order valence-electron chi connectivity index (χ0n) is 12.0. The van der Waals surface area contributed by atoms with Crippen molar-refractivity contribution in [2.24, 2.45) is 0 Å². The normalized spacial score (nSPS) is 8.82. The molecule has 1 nitrogen and oxygen atoms in total. The van der Waals surface area contributed by atoms with E-state index in [4.69, 9.17) is 0 Å². The fourth-order valence-electron chi connectivity index (χ4n) is 1.51. The molecule has 0 bridgehead atoms. The number of rotatable bonds is 1. The molecule has 1 heterocycles. The minimum atomic E-state index is 1.09. The molecule has 0 spiro atoms. The fourth-order valence-corrected chi connectivity index (χ4v) is 1.51. The number of nitrogens with zero attached hydrogens (tertiary/aromatic N) is 1. The number of hydrogen-bond donors (Lipinski definition) is 0. The highest BCUT2D eigenvalue weighted by Gasteiger charge is 1.95. The molecule has 0 aliphatic carbocycles. The monoisotopic (exact) mass is 231 g/mol. The highest BCUT2D eigenvalue weighted by atomic mass is 14.6. The molecule has 1 aromatic carbocycles. The summed E-state index contributed by atoms with van der Waals surface area (Å²) in [4.78, 5) is 4.36. The van der Waals surface area contributed by atoms with Gasteiger partial charge in [0.05, 0.1) is 5.52 Å². The van der Waals surface area contributed by atoms with Gasteiger partial charge in [-0.1, -0.05) is 40.7 Å². The fraction of sp³-hybridized carbons (Fsp3) is 0.438. The van der Waals surface area contributed by atoms with Crippen LogP contribution in [0.4, 0.5) is 0 Å². The molecule has 0 unspecified atom stereocenters. The van der Waals surface area contributed by atoms with E-state index in [9.17, 15) is 0 Å². The third kappa shape index (κ3) is 4.56. The minimum absolute atomic E-state index is 1.09. The van der Waals surface area contributed by atoms with E-state index in [1.807, 2.05) is 33.9 Å². The number of aryl methyl sites for hydroxylation is 2. The van der Waals surface area contributed by atoms with Crippen LogP contribution in [0.15, 0.2) is 30.5 Å². The number of pyridine rings is 1. The van der Waals surface area contributed by atoms with Gasteiger partial charge in [0.1, 0.15) is 0 Å². The molecular weight excluding hydrogens is 206 g/mol. The lowest BCUT2D eigenvalue weighted by molar-refractivity contribution is 1.14. The highest BCUT2D eigenvalue weighted by molar-refractivity contribution is 5.79. The van der Waals surface area contributed by atoms with E-state index in [1.54, 1.807) is 0 Å². The first-order chi connectivity index (χ1) is 8.29. The summed E-state index contributed by atoms with van der Waals surface area (Å²) < 4.78 is 0. The van der Waals surface area contributed by atoms with Crippen LogP contribution < -0.4 is 0 Å². The van der Waals surface area contributed by atoms with Gasteiger partial charge in [-0.3, -0.25) is 4.98 Å². The van der Waals surface area contributed by atoms with Gasteiger partial charge in [0.15, 0.2) is 0 Å². The SMILES string of the molecule is CC.CC.CCc1ccc2ncc(C)cc2c1. The van der Waals surface area contributed by atoms with Gasteiger partial charge in [-0.15, -0.1) is 0 Å². The van der Waals surface area contributed by atoms with Crippen molar-refractivity contribution in [1.29, 1.82) is 0 Å². The minimum Gasteiger partial charge on any atom is -0.256 e. The third-order valence-corrected chi connectivity index (χ3v) is 2.29. The zero-order valence-corrected chi connectivity index (χ0v) is 12.0. The Morgan fingerprint density at radius 3 is 2.24 bits per heavy atom. The van der Waals surface area contributed by atoms with Crippen LogP contribution in [0.5, 0.6) is 0 Å². The zero-order chi connectivity index (χ0) is 13.3. The average Bonchev–Trinajstić information content (AvgIpc) is 2.42. The maximum absolute atomic E-state index is 4.36. The van der Waals surface area contributed by atoms with Crippen molar-refractivity contribution in [1.82, 2.24) is 4.98 Å². The van der Waals surface area contributed by atoms with Gasteiger partial charge in [0, 0.05) is 11.6 Å². The molecule has 0 amide bonds. The molecule has 0 aliphatic heterocycles. The molecule has 0 radical (unpaired) electrons. The second kappa shape index (κ2) is 8.74. The number of benzene rings is 1. The van der Waals surface area contributed by atoms with E-state index in [0.29, 0.717) is 0 Å². The molecule has 94 valence electrons. The lowest BCUT2D eigenvalue weighted by Crippen LogP contribution is -1.84. The Morgan fingerprint density at radius 2 is 1.65 bits per heavy atom. The standard InChI is InChI=1S/C12H13N.2C2H6/c1-3-10-4-5-12-11(7-10)6-9(2)8-13-12;2*1-2/h4-8H,3H2,1-2H3;2*1-2H3. The summed E-state index contributed by atoms with van der Waals surface area (Å²) in [7, 11) is 0. The molecule has 0 fully saturated rings. The maximum Gasteiger partial charge on any atom is 0.0702 e. The van der Waals surface area contributed by atoms with Crippen LogP contribution in [-0.4, -0.2) is 4.98 Å². The topological polar surface area (TPSA) is 12.9 Å². The second-order valence-electron chi connectivity index (χ2n) is 3.39. The Morgan fingerprint density at radius 1 is 1.00 bits per heavy atom. The van der Waals surface area contributed by atoms with E-state index in [1.165, 1.54) is 16.5 Å². The number of aromatic nitrogens is 1. The summed E-state index contributed by atoms with van der Waals surface area (Å²) in [5.41, 5.74) is 3.68. The Labute approximate surface area is 106 Å². The predicted molar refractivity (Wildman–Crippen MR) is 78.6 cm³/mol. The third-order valence-electron chi connectivity index (χ3n) is 2.29. The van der Waals surface area contributed by atoms with Gasteiger partial charge in [-0.25, -0.2) is 0 Å². The summed E-state index contributed by atoms with van der Waals surface area (Å²) in [5, 5.41) is 1.25. The van der Waals surface area contributed by atoms with E-state index >= 15 is 0 Å². The first kappa shape index (κ1) is 15.6. The van der Waals surface area contributed by atoms with Crippen molar-refractivity contribution in [2.45, 2.75) is 48.0 Å². The maximum atomic E-state index is 4.36. The van der Waals surface area contributed by atoms with Gasteiger partial charge in [0.2, 0.25) is 0 Å². The lowest BCUT2D eigenvalue weighted by atomic mass is 10.1. The molecule has 0 saturated heterocycles. The summed E-state index contributed by atoms with van der Waals surface area (Å²) in [6.45, 7) is 12.2. The predicted octanol–water partition coefficient (Wildman–Crippen LogP) is 5.16. The Hall–Kier alpha value is -1.37. The van der Waals surface area contributed by atoms with Crippen LogP contribution in [0, 0.1) is 6.92 Å². The molecule has 2 rings (SSSR count). The van der Waals surface area contributed by atoms with E-state index in [0.717, 1.165) is 11.9 Å². The average molecular weight is 231 g/mol. The van der Waals surface area contributed by atoms with Crippen molar-refractivity contribution < 1.29 is 0 Å². The van der Waals surface area contributed by atoms with Gasteiger partial charge in [-0.05, 0) is 42.7 Å². The molecule has 0 saturated carbocycles. The van der Waals surface area contributed by atoms with Gasteiger partial charge in [-0.2, -0.15) is 0 Å². The molecule has 1 aromatic heterocycles. The summed E-state index contributed by atoms with van der Waals surface area (Å²) in [5.74, 6) is 0. The van der Waals surface area contributed by atoms with Gasteiger partial charge in [0.25, 0.3) is 0 Å². The quantitative estimate of drug-likeness (QED) is 0.660. The molecule has 0 atom stereocenters. The summed E-state index contributed by atoms with van der Waals surface area (Å²) in [6.07, 6.45) is 3.00. The van der Waals surface area contributed by atoms with Crippen LogP contribution in [0.25, 0.3) is 10.9 Å². The van der Waals surface area contributed by atoms with Crippen molar-refractivity contribution in [2.75, 3.05) is 0 Å². The molecule has 0 N–H and O–H groups in total. The van der Waals surface area contributed by atoms with Crippen molar-refractivity contribution >= 4 is 10.9 Å². The second-order valence-corrected chi connectivity index (χ2v) is 3.39. The van der Waals surface area contributed by atoms with Gasteiger partial charge >= 0.3 is 0 Å². The largest absolute Gasteiger partial charge is 0.256 e. The first-order valence-electron chi connectivity index (χ1n) is 6.65. The molecule has 2 aromatic rings. The summed E-state index contributed by atoms with van der Waals surface area (Å²) in [6, 6.07) is 8.63. The molecular formula is C16H25N. The van der Waals surface area contributed by atoms with Crippen LogP contribution in [0.1, 0.15) is 45.7 Å². The summed E-state index contributed by atoms with van der Waals surface area (Å²) >= 11 is 0. The highest BCUT2D eigenvalue weighted by Crippen LogP contribution is 2.15. The molecule has 17 heavy (non-hydrogen) atoms. The Kier molecular flexibility index (Phi) is 8.04. The Balaban J connectivity index is 0.000000581. The number of fused-ring (bicyclic) bond motifs is 1.